The number of aryl methyl sites for hydroxylation is 1. The third-order valence-electron chi connectivity index (χ3n) is 5.34. The number of pyridine rings is 1. The zero-order valence-electron chi connectivity index (χ0n) is 21.0. The number of imidazole rings is 1. The van der Waals surface area contributed by atoms with E-state index in [4.69, 9.17) is 4.74 Å². The van der Waals surface area contributed by atoms with E-state index in [0.29, 0.717) is 31.7 Å². The number of thiazole rings is 1. The first-order valence-corrected chi connectivity index (χ1v) is 12.7. The monoisotopic (exact) mass is 508 g/mol. The second-order valence-corrected chi connectivity index (χ2v) is 10.5. The lowest BCUT2D eigenvalue weighted by Gasteiger charge is -2.32. The zero-order chi connectivity index (χ0) is 25.7. The number of benzene rings is 1. The minimum absolute atomic E-state index is 0.240. The van der Waals surface area contributed by atoms with Gasteiger partial charge in [-0.25, -0.2) is 14.9 Å². The summed E-state index contributed by atoms with van der Waals surface area (Å²) < 4.78 is 5.81. The van der Waals surface area contributed by atoms with Crippen LogP contribution in [0.15, 0.2) is 47.8 Å². The van der Waals surface area contributed by atoms with Crippen LogP contribution in [0.25, 0.3) is 11.0 Å². The number of hydrogen-bond acceptors (Lipinski definition) is 8. The zero-order valence-corrected chi connectivity index (χ0v) is 21.8. The lowest BCUT2D eigenvalue weighted by atomic mass is 10.2. The molecule has 1 atom stereocenters. The average Bonchev–Trinajstić information content (AvgIpc) is 3.45. The molecule has 0 spiro atoms. The summed E-state index contributed by atoms with van der Waals surface area (Å²) >= 11 is 1.42. The van der Waals surface area contributed by atoms with E-state index in [9.17, 15) is 9.90 Å². The number of H-pyrrole nitrogens is 1. The van der Waals surface area contributed by atoms with Crippen LogP contribution >= 0.6 is 11.3 Å². The maximum atomic E-state index is 12.6. The summed E-state index contributed by atoms with van der Waals surface area (Å²) in [4.78, 5) is 31.2. The van der Waals surface area contributed by atoms with Crippen LogP contribution in [-0.4, -0.2) is 54.4 Å². The van der Waals surface area contributed by atoms with E-state index in [1.807, 2.05) is 70.2 Å². The number of nitrogens with zero attached hydrogens (tertiary/aromatic N) is 4. The second-order valence-electron chi connectivity index (χ2n) is 9.56. The fraction of sp³-hybridized carbons (Fsp3) is 0.385. The average molecular weight is 509 g/mol. The molecule has 3 aromatic heterocycles. The van der Waals surface area contributed by atoms with Gasteiger partial charge in [0.25, 0.3) is 5.91 Å². The maximum Gasteiger partial charge on any atom is 0.271 e. The number of aromatic nitrogens is 4. The Hall–Kier alpha value is -3.18. The first-order chi connectivity index (χ1) is 17.2. The summed E-state index contributed by atoms with van der Waals surface area (Å²) in [6, 6.07) is 13.5. The molecule has 10 heteroatoms. The molecule has 1 aromatic carbocycles. The summed E-state index contributed by atoms with van der Waals surface area (Å²) in [5, 5.41) is 16.2. The fourth-order valence-electron chi connectivity index (χ4n) is 3.66. The number of carbonyl (C=O) groups excluding carboxylic acids is 1. The van der Waals surface area contributed by atoms with Gasteiger partial charge in [-0.1, -0.05) is 18.2 Å². The standard InChI is InChI=1S/C26H32N6O3S/c1-17-8-7-9-18(28-17)14-27-24(33)21-16-36-23(31-21)12-13-32(25(34)35-26(2,3)4)15-22-29-19-10-5-6-11-20(19)30-22/h5-11,16,25,34H,12-15H2,1-4H3,(H,27,33)(H,29,30). The van der Waals surface area contributed by atoms with Gasteiger partial charge in [0.1, 0.15) is 11.5 Å². The predicted octanol–water partition coefficient (Wildman–Crippen LogP) is 3.79. The van der Waals surface area contributed by atoms with Crippen LogP contribution in [0.5, 0.6) is 0 Å². The summed E-state index contributed by atoms with van der Waals surface area (Å²) in [6.07, 6.45) is -0.579. The number of rotatable bonds is 10. The highest BCUT2D eigenvalue weighted by atomic mass is 32.1. The normalized spacial score (nSPS) is 12.8. The van der Waals surface area contributed by atoms with Gasteiger partial charge in [-0.2, -0.15) is 0 Å². The summed E-state index contributed by atoms with van der Waals surface area (Å²) in [5.74, 6) is 0.493. The van der Waals surface area contributed by atoms with Crippen molar-refractivity contribution in [3.63, 3.8) is 0 Å². The Labute approximate surface area is 214 Å². The molecule has 1 amide bonds. The van der Waals surface area contributed by atoms with Crippen molar-refractivity contribution in [1.82, 2.24) is 30.2 Å². The van der Waals surface area contributed by atoms with E-state index in [1.165, 1.54) is 11.3 Å². The molecule has 0 saturated heterocycles. The lowest BCUT2D eigenvalue weighted by Crippen LogP contribution is -2.42. The van der Waals surface area contributed by atoms with Crippen LogP contribution in [0.1, 0.15) is 53.5 Å². The van der Waals surface area contributed by atoms with Crippen molar-refractivity contribution in [3.8, 4) is 0 Å². The molecule has 0 saturated carbocycles. The van der Waals surface area contributed by atoms with Crippen molar-refractivity contribution in [1.29, 1.82) is 0 Å². The van der Waals surface area contributed by atoms with Crippen molar-refractivity contribution in [2.24, 2.45) is 0 Å². The number of aromatic amines is 1. The molecular weight excluding hydrogens is 476 g/mol. The first-order valence-electron chi connectivity index (χ1n) is 11.8. The minimum Gasteiger partial charge on any atom is -0.356 e. The van der Waals surface area contributed by atoms with Crippen LogP contribution in [0.2, 0.25) is 0 Å². The lowest BCUT2D eigenvalue weighted by molar-refractivity contribution is -0.241. The number of aliphatic hydroxyl groups excluding tert-OH is 1. The van der Waals surface area contributed by atoms with Gasteiger partial charge in [-0.3, -0.25) is 9.78 Å². The highest BCUT2D eigenvalue weighted by Gasteiger charge is 2.24. The summed E-state index contributed by atoms with van der Waals surface area (Å²) in [6.45, 7) is 8.78. The van der Waals surface area contributed by atoms with Crippen LogP contribution < -0.4 is 5.32 Å². The topological polar surface area (TPSA) is 116 Å². The van der Waals surface area contributed by atoms with Crippen molar-refractivity contribution >= 4 is 28.3 Å². The molecule has 0 aliphatic heterocycles. The van der Waals surface area contributed by atoms with E-state index in [0.717, 1.165) is 33.3 Å². The molecule has 3 heterocycles. The Morgan fingerprint density at radius 2 is 1.97 bits per heavy atom. The fourth-order valence-corrected chi connectivity index (χ4v) is 4.43. The van der Waals surface area contributed by atoms with Crippen molar-refractivity contribution < 1.29 is 14.6 Å². The maximum absolute atomic E-state index is 12.6. The van der Waals surface area contributed by atoms with Crippen LogP contribution in [-0.2, 0) is 24.2 Å². The number of carbonyl (C=O) groups is 1. The quantitative estimate of drug-likeness (QED) is 0.279. The van der Waals surface area contributed by atoms with E-state index in [-0.39, 0.29) is 5.91 Å². The predicted molar refractivity (Wildman–Crippen MR) is 139 cm³/mol. The third-order valence-corrected chi connectivity index (χ3v) is 6.24. The van der Waals surface area contributed by atoms with Crippen LogP contribution in [0.3, 0.4) is 0 Å². The van der Waals surface area contributed by atoms with E-state index in [2.05, 4.69) is 25.3 Å². The molecule has 9 nitrogen and oxygen atoms in total. The van der Waals surface area contributed by atoms with Gasteiger partial charge >= 0.3 is 0 Å². The molecule has 0 aliphatic rings. The number of nitrogens with one attached hydrogen (secondary N) is 2. The summed E-state index contributed by atoms with van der Waals surface area (Å²) in [7, 11) is 0. The van der Waals surface area contributed by atoms with Crippen molar-refractivity contribution in [2.45, 2.75) is 59.2 Å². The molecule has 36 heavy (non-hydrogen) atoms. The highest BCUT2D eigenvalue weighted by Crippen LogP contribution is 2.18. The molecule has 190 valence electrons. The van der Waals surface area contributed by atoms with Gasteiger partial charge in [0.2, 0.25) is 6.41 Å². The largest absolute Gasteiger partial charge is 0.356 e. The summed E-state index contributed by atoms with van der Waals surface area (Å²) in [5.41, 5.74) is 3.36. The Morgan fingerprint density at radius 3 is 2.72 bits per heavy atom. The van der Waals surface area contributed by atoms with Gasteiger partial charge in [-0.05, 0) is 52.0 Å². The Bertz CT molecular complexity index is 1280. The molecule has 1 unspecified atom stereocenters. The molecule has 4 aromatic rings. The highest BCUT2D eigenvalue weighted by molar-refractivity contribution is 7.09. The number of para-hydroxylation sites is 2. The molecule has 0 fully saturated rings. The van der Waals surface area contributed by atoms with Crippen molar-refractivity contribution in [3.05, 3.63) is 75.8 Å². The van der Waals surface area contributed by atoms with Gasteiger partial charge in [0.15, 0.2) is 0 Å². The molecule has 3 N–H and O–H groups in total. The van der Waals surface area contributed by atoms with Gasteiger partial charge in [0, 0.05) is 24.0 Å². The van der Waals surface area contributed by atoms with Gasteiger partial charge in [-0.15, -0.1) is 11.3 Å². The van der Waals surface area contributed by atoms with Gasteiger partial charge < -0.3 is 20.1 Å². The second kappa shape index (κ2) is 11.3. The van der Waals surface area contributed by atoms with Crippen LogP contribution in [0, 0.1) is 6.92 Å². The molecule has 4 rings (SSSR count). The molecule has 0 aliphatic carbocycles. The first kappa shape index (κ1) is 25.9. The van der Waals surface area contributed by atoms with Crippen LogP contribution in [0.4, 0.5) is 0 Å². The number of fused-ring (bicyclic) bond motifs is 1. The van der Waals surface area contributed by atoms with Gasteiger partial charge in [0.05, 0.1) is 40.4 Å². The van der Waals surface area contributed by atoms with E-state index in [1.54, 1.807) is 10.3 Å². The van der Waals surface area contributed by atoms with E-state index < -0.39 is 12.0 Å². The Kier molecular flexibility index (Phi) is 8.10. The third kappa shape index (κ3) is 7.17. The number of amides is 1. The number of aliphatic hydroxyl groups is 1. The molecule has 0 bridgehead atoms. The van der Waals surface area contributed by atoms with E-state index >= 15 is 0 Å². The molecule has 0 radical (unpaired) electrons. The smallest absolute Gasteiger partial charge is 0.271 e. The number of hydrogen-bond donors (Lipinski definition) is 3. The molecular formula is C26H32N6O3S. The minimum atomic E-state index is -1.12. The Balaban J connectivity index is 1.39. The SMILES string of the molecule is Cc1cccc(CNC(=O)c2csc(CCN(Cc3nc4ccccc4[nH]3)C(O)OC(C)(C)C)n2)n1. The number of ether oxygens (including phenoxy) is 1. The van der Waals surface area contributed by atoms with Crippen molar-refractivity contribution in [2.75, 3.05) is 6.54 Å². The Morgan fingerprint density at radius 1 is 1.17 bits per heavy atom.